The summed E-state index contributed by atoms with van der Waals surface area (Å²) in [5, 5.41) is 0.376. The lowest BCUT2D eigenvalue weighted by molar-refractivity contribution is 0.111. The van der Waals surface area contributed by atoms with Gasteiger partial charge in [-0.25, -0.2) is 4.39 Å². The Morgan fingerprint density at radius 3 is 2.62 bits per heavy atom. The Labute approximate surface area is 131 Å². The lowest BCUT2D eigenvalue weighted by Gasteiger charge is -2.13. The van der Waals surface area contributed by atoms with E-state index in [1.807, 2.05) is 0 Å². The molecule has 0 saturated carbocycles. The fraction of sp³-hybridized carbons (Fsp3) is 0.133. The van der Waals surface area contributed by atoms with Crippen molar-refractivity contribution in [3.8, 4) is 11.5 Å². The van der Waals surface area contributed by atoms with E-state index in [0.29, 0.717) is 22.6 Å². The molecule has 0 amide bonds. The van der Waals surface area contributed by atoms with Gasteiger partial charge in [-0.05, 0) is 23.8 Å². The maximum atomic E-state index is 13.1. The maximum Gasteiger partial charge on any atom is 0.172 e. The van der Waals surface area contributed by atoms with Gasteiger partial charge < -0.3 is 9.47 Å². The Morgan fingerprint density at radius 2 is 2.00 bits per heavy atom. The minimum absolute atomic E-state index is 0.00906. The van der Waals surface area contributed by atoms with E-state index < -0.39 is 5.82 Å². The third-order valence-corrected chi connectivity index (χ3v) is 3.27. The second kappa shape index (κ2) is 6.78. The summed E-state index contributed by atoms with van der Waals surface area (Å²) in [6.45, 7) is 0.110. The molecule has 0 spiro atoms. The Morgan fingerprint density at radius 1 is 1.24 bits per heavy atom. The zero-order valence-electron chi connectivity index (χ0n) is 11.0. The number of aldehydes is 1. The maximum absolute atomic E-state index is 13.1. The highest BCUT2D eigenvalue weighted by Gasteiger charge is 2.13. The number of methoxy groups -OCH3 is 1. The lowest BCUT2D eigenvalue weighted by atomic mass is 10.2. The van der Waals surface area contributed by atoms with Gasteiger partial charge in [0.25, 0.3) is 0 Å². The van der Waals surface area contributed by atoms with Gasteiger partial charge in [0.1, 0.15) is 12.4 Å². The molecule has 3 nitrogen and oxygen atoms in total. The van der Waals surface area contributed by atoms with Gasteiger partial charge in [-0.1, -0.05) is 29.3 Å². The summed E-state index contributed by atoms with van der Waals surface area (Å²) >= 11 is 11.6. The Balaban J connectivity index is 2.26. The summed E-state index contributed by atoms with van der Waals surface area (Å²) in [6, 6.07) is 7.27. The van der Waals surface area contributed by atoms with E-state index in [-0.39, 0.29) is 22.9 Å². The van der Waals surface area contributed by atoms with Crippen molar-refractivity contribution in [3.05, 3.63) is 57.3 Å². The van der Waals surface area contributed by atoms with Crippen LogP contribution in [0.2, 0.25) is 10.0 Å². The fourth-order valence-corrected chi connectivity index (χ4v) is 2.19. The number of carbonyl (C=O) groups excluding carboxylic acids is 1. The first-order chi connectivity index (χ1) is 10.0. The van der Waals surface area contributed by atoms with E-state index >= 15 is 0 Å². The molecule has 6 heteroatoms. The largest absolute Gasteiger partial charge is 0.493 e. The molecule has 0 aliphatic heterocycles. The van der Waals surface area contributed by atoms with Crippen molar-refractivity contribution in [1.29, 1.82) is 0 Å². The van der Waals surface area contributed by atoms with Gasteiger partial charge in [0.15, 0.2) is 17.8 Å². The molecule has 0 aliphatic carbocycles. The lowest BCUT2D eigenvalue weighted by Crippen LogP contribution is -2.01. The predicted molar refractivity (Wildman–Crippen MR) is 79.1 cm³/mol. The van der Waals surface area contributed by atoms with E-state index in [4.69, 9.17) is 32.7 Å². The number of halogens is 3. The molecular formula is C15H11Cl2FO3. The van der Waals surface area contributed by atoms with Crippen LogP contribution in [0.1, 0.15) is 15.9 Å². The van der Waals surface area contributed by atoms with Crippen molar-refractivity contribution in [2.45, 2.75) is 6.61 Å². The molecule has 0 unspecified atom stereocenters. The number of benzene rings is 2. The number of carbonyl (C=O) groups is 1. The first-order valence-corrected chi connectivity index (χ1v) is 6.70. The molecule has 2 rings (SSSR count). The highest BCUT2D eigenvalue weighted by Crippen LogP contribution is 2.34. The predicted octanol–water partition coefficient (Wildman–Crippen LogP) is 4.53. The quantitative estimate of drug-likeness (QED) is 0.756. The molecule has 0 aliphatic rings. The molecule has 0 atom stereocenters. The molecule has 0 radical (unpaired) electrons. The number of hydrogen-bond donors (Lipinski definition) is 0. The first-order valence-electron chi connectivity index (χ1n) is 5.94. The number of ether oxygens (including phenoxy) is 2. The van der Waals surface area contributed by atoms with Crippen LogP contribution in [0.15, 0.2) is 30.3 Å². The molecule has 0 N–H and O–H groups in total. The monoisotopic (exact) mass is 328 g/mol. The van der Waals surface area contributed by atoms with E-state index in [0.717, 1.165) is 0 Å². The van der Waals surface area contributed by atoms with Crippen LogP contribution in [0.5, 0.6) is 11.5 Å². The van der Waals surface area contributed by atoms with Crippen LogP contribution in [0.4, 0.5) is 4.39 Å². The standard InChI is InChI=1S/C15H11Cl2FO3/c1-20-14-6-11(16)5-10(7-19)15(14)21-8-9-2-3-13(18)12(17)4-9/h2-7H,8H2,1H3. The molecule has 0 heterocycles. The molecular weight excluding hydrogens is 318 g/mol. The molecule has 0 bridgehead atoms. The Kier molecular flexibility index (Phi) is 5.04. The highest BCUT2D eigenvalue weighted by molar-refractivity contribution is 6.31. The Bertz CT molecular complexity index is 674. The second-order valence-corrected chi connectivity index (χ2v) is 5.03. The third-order valence-electron chi connectivity index (χ3n) is 2.76. The van der Waals surface area contributed by atoms with Gasteiger partial charge in [-0.2, -0.15) is 0 Å². The van der Waals surface area contributed by atoms with Crippen molar-refractivity contribution < 1.29 is 18.7 Å². The van der Waals surface area contributed by atoms with Crippen molar-refractivity contribution in [2.24, 2.45) is 0 Å². The van der Waals surface area contributed by atoms with Crippen LogP contribution in [0.3, 0.4) is 0 Å². The zero-order chi connectivity index (χ0) is 15.4. The average molecular weight is 329 g/mol. The Hall–Kier alpha value is -1.78. The van der Waals surface area contributed by atoms with Crippen LogP contribution in [-0.2, 0) is 6.61 Å². The zero-order valence-corrected chi connectivity index (χ0v) is 12.5. The topological polar surface area (TPSA) is 35.5 Å². The van der Waals surface area contributed by atoms with Gasteiger partial charge in [-0.3, -0.25) is 4.79 Å². The summed E-state index contributed by atoms with van der Waals surface area (Å²) in [5.41, 5.74) is 0.933. The van der Waals surface area contributed by atoms with Crippen LogP contribution >= 0.6 is 23.2 Å². The van der Waals surface area contributed by atoms with Crippen molar-refractivity contribution in [3.63, 3.8) is 0 Å². The third kappa shape index (κ3) is 3.65. The van der Waals surface area contributed by atoms with Gasteiger partial charge in [-0.15, -0.1) is 0 Å². The van der Waals surface area contributed by atoms with Crippen molar-refractivity contribution >= 4 is 29.5 Å². The normalized spacial score (nSPS) is 10.3. The molecule has 21 heavy (non-hydrogen) atoms. The van der Waals surface area contributed by atoms with Crippen molar-refractivity contribution in [2.75, 3.05) is 7.11 Å². The molecule has 0 saturated heterocycles. The summed E-state index contributed by atoms with van der Waals surface area (Å²) in [4.78, 5) is 11.1. The van der Waals surface area contributed by atoms with Gasteiger partial charge >= 0.3 is 0 Å². The minimum Gasteiger partial charge on any atom is -0.493 e. The molecule has 0 aromatic heterocycles. The van der Waals surface area contributed by atoms with E-state index in [1.165, 1.54) is 25.3 Å². The summed E-state index contributed by atoms with van der Waals surface area (Å²) < 4.78 is 23.8. The van der Waals surface area contributed by atoms with E-state index in [9.17, 15) is 9.18 Å². The average Bonchev–Trinajstić information content (AvgIpc) is 2.48. The van der Waals surface area contributed by atoms with Gasteiger partial charge in [0.05, 0.1) is 17.7 Å². The van der Waals surface area contributed by atoms with Crippen LogP contribution < -0.4 is 9.47 Å². The van der Waals surface area contributed by atoms with Crippen molar-refractivity contribution in [1.82, 2.24) is 0 Å². The molecule has 2 aromatic rings. The summed E-state index contributed by atoms with van der Waals surface area (Å²) in [6.07, 6.45) is 0.626. The van der Waals surface area contributed by atoms with E-state index in [1.54, 1.807) is 12.1 Å². The molecule has 2 aromatic carbocycles. The van der Waals surface area contributed by atoms with E-state index in [2.05, 4.69) is 0 Å². The molecule has 110 valence electrons. The number of rotatable bonds is 5. The SMILES string of the molecule is COc1cc(Cl)cc(C=O)c1OCc1ccc(F)c(Cl)c1. The minimum atomic E-state index is -0.502. The highest BCUT2D eigenvalue weighted by atomic mass is 35.5. The van der Waals surface area contributed by atoms with Crippen LogP contribution in [-0.4, -0.2) is 13.4 Å². The van der Waals surface area contributed by atoms with Crippen LogP contribution in [0.25, 0.3) is 0 Å². The van der Waals surface area contributed by atoms with Gasteiger partial charge in [0, 0.05) is 11.1 Å². The molecule has 0 fully saturated rings. The summed E-state index contributed by atoms with van der Waals surface area (Å²) in [7, 11) is 1.45. The van der Waals surface area contributed by atoms with Crippen LogP contribution in [0, 0.1) is 5.82 Å². The second-order valence-electron chi connectivity index (χ2n) is 4.18. The van der Waals surface area contributed by atoms with Gasteiger partial charge in [0.2, 0.25) is 0 Å². The fourth-order valence-electron chi connectivity index (χ4n) is 1.77. The number of hydrogen-bond acceptors (Lipinski definition) is 3. The smallest absolute Gasteiger partial charge is 0.172 e. The first kappa shape index (κ1) is 15.6. The summed E-state index contributed by atoms with van der Waals surface area (Å²) in [5.74, 6) is 0.119.